The van der Waals surface area contributed by atoms with Crippen molar-refractivity contribution in [3.8, 4) is 0 Å². The van der Waals surface area contributed by atoms with Crippen LogP contribution in [0.15, 0.2) is 22.7 Å². The molecule has 2 unspecified atom stereocenters. The van der Waals surface area contributed by atoms with Crippen molar-refractivity contribution in [1.82, 2.24) is 20.0 Å². The summed E-state index contributed by atoms with van der Waals surface area (Å²) in [6.45, 7) is 18.7. The van der Waals surface area contributed by atoms with Crippen LogP contribution in [0.1, 0.15) is 91.9 Å². The summed E-state index contributed by atoms with van der Waals surface area (Å²) in [5, 5.41) is 21.1. The average Bonchev–Trinajstić information content (AvgIpc) is 3.73. The second-order valence-electron chi connectivity index (χ2n) is 21.3. The highest BCUT2D eigenvalue weighted by Gasteiger charge is 2.72. The lowest BCUT2D eigenvalue weighted by Crippen LogP contribution is -2.68. The largest absolute Gasteiger partial charge is 0.456 e. The van der Waals surface area contributed by atoms with Gasteiger partial charge >= 0.3 is 12.4 Å². The van der Waals surface area contributed by atoms with Crippen LogP contribution in [0, 0.1) is 35.5 Å². The number of aliphatic hydroxyl groups excluding tert-OH is 2. The molecule has 0 radical (unpaired) electrons. The van der Waals surface area contributed by atoms with Crippen LogP contribution >= 0.6 is 15.9 Å². The molecule has 0 aromatic carbocycles. The first kappa shape index (κ1) is 54.9. The van der Waals surface area contributed by atoms with Gasteiger partial charge in [-0.05, 0) is 88.2 Å². The molecule has 0 aromatic heterocycles. The second-order valence-corrected chi connectivity index (χ2v) is 21.8. The molecule has 2 aliphatic carbocycles. The Bertz CT molecular complexity index is 1810. The number of rotatable bonds is 7. The van der Waals surface area contributed by atoms with Gasteiger partial charge in [0.05, 0.1) is 13.2 Å². The Morgan fingerprint density at radius 2 is 1.06 bits per heavy atom. The maximum absolute atomic E-state index is 14.2. The smallest absolute Gasteiger partial charge is 0.449 e. The quantitative estimate of drug-likeness (QED) is 0.140. The fourth-order valence-corrected chi connectivity index (χ4v) is 13.6. The highest BCUT2D eigenvalue weighted by Crippen LogP contribution is 2.63. The molecule has 0 amide bonds. The number of halogens is 7. The molecule has 402 valence electrons. The second kappa shape index (κ2) is 22.5. The summed E-state index contributed by atoms with van der Waals surface area (Å²) in [4.78, 5) is 29.6. The summed E-state index contributed by atoms with van der Waals surface area (Å²) in [6.07, 6.45) is -3.30. The van der Waals surface area contributed by atoms with Crippen LogP contribution in [0.3, 0.4) is 0 Å². The number of nitrogens with one attached hydrogen (secondary N) is 1. The maximum Gasteiger partial charge on any atom is 0.449 e. The third-order valence-corrected chi connectivity index (χ3v) is 17.3. The van der Waals surface area contributed by atoms with E-state index in [1.807, 2.05) is 4.90 Å². The lowest BCUT2D eigenvalue weighted by Gasteiger charge is -2.57. The van der Waals surface area contributed by atoms with Gasteiger partial charge in [0.2, 0.25) is 35.7 Å². The number of piperazine rings is 2. The van der Waals surface area contributed by atoms with E-state index in [9.17, 15) is 26.3 Å². The zero-order chi connectivity index (χ0) is 50.1. The molecule has 11 fully saturated rings. The number of fused-ring (bicyclic) bond motifs is 4. The zero-order valence-electron chi connectivity index (χ0n) is 41.1. The first-order chi connectivity index (χ1) is 33.3. The van der Waals surface area contributed by atoms with Gasteiger partial charge < -0.3 is 39.2 Å². The third kappa shape index (κ3) is 11.3. The highest BCUT2D eigenvalue weighted by molar-refractivity contribution is 9.09. The van der Waals surface area contributed by atoms with Gasteiger partial charge in [-0.2, -0.15) is 26.3 Å². The Balaban J connectivity index is 0.000000150. The Kier molecular flexibility index (Phi) is 17.6. The predicted molar refractivity (Wildman–Crippen MR) is 244 cm³/mol. The molecule has 3 N–H and O–H groups in total. The first-order valence-electron chi connectivity index (χ1n) is 25.6. The van der Waals surface area contributed by atoms with Crippen LogP contribution in [0.2, 0.25) is 0 Å². The van der Waals surface area contributed by atoms with E-state index in [2.05, 4.69) is 44.9 Å². The molecule has 15 nitrogen and oxygen atoms in total. The Labute approximate surface area is 416 Å². The molecule has 11 heterocycles. The fourth-order valence-electron chi connectivity index (χ4n) is 12.9. The minimum Gasteiger partial charge on any atom is -0.456 e. The summed E-state index contributed by atoms with van der Waals surface area (Å²) in [7, 11) is 0. The minimum absolute atomic E-state index is 0.00163. The van der Waals surface area contributed by atoms with E-state index in [1.165, 1.54) is 12.8 Å². The first-order valence-corrected chi connectivity index (χ1v) is 26.7. The zero-order valence-corrected chi connectivity index (χ0v) is 42.6. The number of hydrogen-bond donors (Lipinski definition) is 3. The van der Waals surface area contributed by atoms with Crippen molar-refractivity contribution in [3.05, 3.63) is 22.7 Å². The van der Waals surface area contributed by atoms with Crippen molar-refractivity contribution < 1.29 is 79.8 Å². The predicted octanol–water partition coefficient (Wildman–Crippen LogP) is 6.78. The SMILES string of the molecule is C1CCOC1.C[C@@H]1CC[C@H]2C(CBr)=C(C(F)(F)F)O[C@@H]3O[C@]4(C)CCC1[C@]32OO4.C[C@@H]1CC[C@H]2C(CN3CCN(CCO)CC3)=C(C(F)(F)F)O[C@@H]3O[C@]4(C)CCC1[C@]32OO4.OCCN1CCNCC1. The lowest BCUT2D eigenvalue weighted by molar-refractivity contribution is -0.557. The number of ether oxygens (including phenoxy) is 5. The van der Waals surface area contributed by atoms with Gasteiger partial charge in [-0.15, -0.1) is 0 Å². The minimum atomic E-state index is -4.61. The number of nitrogens with zero attached hydrogens (tertiary/aromatic N) is 3. The number of allylic oxidation sites excluding steroid dienone is 2. The van der Waals surface area contributed by atoms with E-state index < -0.39 is 71.1 Å². The average molecular weight is 1080 g/mol. The van der Waals surface area contributed by atoms with Crippen LogP contribution < -0.4 is 5.32 Å². The van der Waals surface area contributed by atoms with Crippen molar-refractivity contribution in [2.45, 2.75) is 140 Å². The lowest BCUT2D eigenvalue weighted by atomic mass is 9.59. The van der Waals surface area contributed by atoms with Gasteiger partial charge in [0, 0.05) is 127 Å². The van der Waals surface area contributed by atoms with E-state index in [-0.39, 0.29) is 47.4 Å². The van der Waals surface area contributed by atoms with Crippen LogP contribution in [0.5, 0.6) is 0 Å². The van der Waals surface area contributed by atoms with Gasteiger partial charge in [0.1, 0.15) is 0 Å². The van der Waals surface area contributed by atoms with Gasteiger partial charge in [0.15, 0.2) is 11.2 Å². The van der Waals surface area contributed by atoms with Crippen molar-refractivity contribution in [1.29, 1.82) is 0 Å². The maximum atomic E-state index is 14.2. The molecular weight excluding hydrogens is 1000 g/mol. The van der Waals surface area contributed by atoms with E-state index in [0.717, 1.165) is 84.7 Å². The normalized spacial score (nSPS) is 40.7. The highest BCUT2D eigenvalue weighted by atomic mass is 79.9. The molecule has 13 rings (SSSR count). The molecule has 0 aromatic rings. The Morgan fingerprint density at radius 3 is 1.49 bits per heavy atom. The monoisotopic (exact) mass is 1080 g/mol. The van der Waals surface area contributed by atoms with Crippen molar-refractivity contribution in [2.75, 3.05) is 104 Å². The molecule has 4 bridgehead atoms. The van der Waals surface area contributed by atoms with Crippen LogP contribution in [-0.4, -0.2) is 176 Å². The Morgan fingerprint density at radius 1 is 0.614 bits per heavy atom. The van der Waals surface area contributed by atoms with Crippen molar-refractivity contribution in [3.63, 3.8) is 0 Å². The van der Waals surface area contributed by atoms with E-state index >= 15 is 0 Å². The van der Waals surface area contributed by atoms with E-state index in [1.54, 1.807) is 13.8 Å². The standard InChI is InChI=1S/C22H33F3N2O5.C16H20BrF3O4.C6H14N2O.C4H8O/c1-14-3-4-17-15(13-27-9-7-26(8-10-27)11-12-28)18(22(23,24)25)29-19-21(17)16(14)5-6-20(2,30-19)31-32-21;1-8-3-4-11-9(7-17)12(16(18,19)20)21-13-15(11)10(8)5-6-14(2,22-13)23-24-15;9-6-5-8-3-1-7-2-4-8;1-2-4-5-3-1/h14,16-17,19,28H,3-13H2,1-2H3;8,10-11,13H,3-7H2,1-2H3;7,9H,1-6H2;1-4H2/t14-,16?,17+,19-,20+,21-;8-,10?,11+,13-,14+,15-;;/m11../s1. The van der Waals surface area contributed by atoms with Crippen molar-refractivity contribution in [2.24, 2.45) is 35.5 Å². The number of β-amino-alcohol motifs (C(OH)–C–C–N with tert-alkyl or cyclic N) is 2. The van der Waals surface area contributed by atoms with Crippen molar-refractivity contribution >= 4 is 15.9 Å². The van der Waals surface area contributed by atoms with Crippen LogP contribution in [0.4, 0.5) is 26.3 Å². The molecule has 12 atom stereocenters. The topological polar surface area (TPSA) is 145 Å². The molecule has 11 aliphatic heterocycles. The van der Waals surface area contributed by atoms with Gasteiger partial charge in [-0.25, -0.2) is 19.6 Å². The molecule has 22 heteroatoms. The molecule has 9 saturated heterocycles. The summed E-state index contributed by atoms with van der Waals surface area (Å²) in [6, 6.07) is 0. The summed E-state index contributed by atoms with van der Waals surface area (Å²) < 4.78 is 111. The molecule has 13 aliphatic rings. The van der Waals surface area contributed by atoms with E-state index in [4.69, 9.17) is 53.4 Å². The molecule has 2 saturated carbocycles. The molecule has 2 spiro atoms. The molecular formula is C48H75BrF6N4O11. The molecule has 70 heavy (non-hydrogen) atoms. The van der Waals surface area contributed by atoms with Crippen LogP contribution in [-0.2, 0) is 43.2 Å². The van der Waals surface area contributed by atoms with Gasteiger partial charge in [0.25, 0.3) is 0 Å². The number of aliphatic hydroxyl groups is 2. The number of alkyl halides is 7. The third-order valence-electron chi connectivity index (χ3n) is 16.7. The Hall–Kier alpha value is -1.38. The van der Waals surface area contributed by atoms with Gasteiger partial charge in [-0.1, -0.05) is 29.8 Å². The van der Waals surface area contributed by atoms with Gasteiger partial charge in [-0.3, -0.25) is 14.7 Å². The van der Waals surface area contributed by atoms with Crippen LogP contribution in [0.25, 0.3) is 0 Å². The summed E-state index contributed by atoms with van der Waals surface area (Å²) >= 11 is 3.22. The summed E-state index contributed by atoms with van der Waals surface area (Å²) in [5.41, 5.74) is -1.60. The summed E-state index contributed by atoms with van der Waals surface area (Å²) in [5.74, 6) is -4.30. The number of hydrogen-bond acceptors (Lipinski definition) is 15. The van der Waals surface area contributed by atoms with E-state index in [0.29, 0.717) is 57.8 Å². The fraction of sp³-hybridized carbons (Fsp3) is 0.917.